The summed E-state index contributed by atoms with van der Waals surface area (Å²) < 4.78 is 0. The number of hydrogen-bond donors (Lipinski definition) is 3. The SMILES string of the molecule is O=C(Nc1cc(C(=O)O)[nH]n1)c1cc(Cl)cc(Cl)c1. The van der Waals surface area contributed by atoms with Crippen molar-refractivity contribution < 1.29 is 14.7 Å². The minimum Gasteiger partial charge on any atom is -0.477 e. The molecule has 0 aliphatic carbocycles. The van der Waals surface area contributed by atoms with Crippen LogP contribution < -0.4 is 5.32 Å². The Morgan fingerprint density at radius 3 is 2.32 bits per heavy atom. The summed E-state index contributed by atoms with van der Waals surface area (Å²) in [4.78, 5) is 22.5. The summed E-state index contributed by atoms with van der Waals surface area (Å²) in [5, 5.41) is 17.7. The molecule has 19 heavy (non-hydrogen) atoms. The van der Waals surface area contributed by atoms with Crippen molar-refractivity contribution in [1.82, 2.24) is 10.2 Å². The number of carbonyl (C=O) groups excluding carboxylic acids is 1. The van der Waals surface area contributed by atoms with Crippen molar-refractivity contribution >= 4 is 40.9 Å². The maximum absolute atomic E-state index is 11.9. The lowest BCUT2D eigenvalue weighted by Gasteiger charge is -2.03. The van der Waals surface area contributed by atoms with Crippen LogP contribution in [0.1, 0.15) is 20.8 Å². The van der Waals surface area contributed by atoms with E-state index in [4.69, 9.17) is 28.3 Å². The van der Waals surface area contributed by atoms with Crippen LogP contribution in [0.25, 0.3) is 0 Å². The molecule has 0 spiro atoms. The summed E-state index contributed by atoms with van der Waals surface area (Å²) in [6.07, 6.45) is 0. The van der Waals surface area contributed by atoms with Gasteiger partial charge < -0.3 is 10.4 Å². The van der Waals surface area contributed by atoms with E-state index in [9.17, 15) is 9.59 Å². The maximum atomic E-state index is 11.9. The zero-order valence-corrected chi connectivity index (χ0v) is 10.8. The average Bonchev–Trinajstić information content (AvgIpc) is 2.76. The van der Waals surface area contributed by atoms with Gasteiger partial charge in [0.25, 0.3) is 5.91 Å². The minimum atomic E-state index is -1.17. The highest BCUT2D eigenvalue weighted by atomic mass is 35.5. The molecule has 1 heterocycles. The van der Waals surface area contributed by atoms with Gasteiger partial charge in [0.15, 0.2) is 5.82 Å². The molecule has 0 atom stereocenters. The number of aromatic carboxylic acids is 1. The smallest absolute Gasteiger partial charge is 0.353 e. The summed E-state index contributed by atoms with van der Waals surface area (Å²) in [5.74, 6) is -1.56. The molecule has 0 fully saturated rings. The molecule has 2 rings (SSSR count). The van der Waals surface area contributed by atoms with Crippen molar-refractivity contribution in [2.45, 2.75) is 0 Å². The van der Waals surface area contributed by atoms with Crippen molar-refractivity contribution in [3.63, 3.8) is 0 Å². The second-order valence-electron chi connectivity index (χ2n) is 3.58. The van der Waals surface area contributed by atoms with Crippen LogP contribution in [-0.2, 0) is 0 Å². The average molecular weight is 300 g/mol. The first kappa shape index (κ1) is 13.4. The van der Waals surface area contributed by atoms with Gasteiger partial charge in [0.1, 0.15) is 5.69 Å². The quantitative estimate of drug-likeness (QED) is 0.812. The molecule has 0 aliphatic heterocycles. The number of benzene rings is 1. The first-order valence-corrected chi connectivity index (χ1v) is 5.77. The van der Waals surface area contributed by atoms with Crippen molar-refractivity contribution in [2.75, 3.05) is 5.32 Å². The Bertz CT molecular complexity index is 634. The van der Waals surface area contributed by atoms with Crippen LogP contribution in [0.2, 0.25) is 10.0 Å². The van der Waals surface area contributed by atoms with E-state index in [1.807, 2.05) is 0 Å². The number of carboxylic acid groups (broad SMARTS) is 1. The topological polar surface area (TPSA) is 95.1 Å². The number of rotatable bonds is 3. The third kappa shape index (κ3) is 3.24. The van der Waals surface area contributed by atoms with Gasteiger partial charge in [0.05, 0.1) is 0 Å². The summed E-state index contributed by atoms with van der Waals surface area (Å²) in [7, 11) is 0. The van der Waals surface area contributed by atoms with E-state index in [-0.39, 0.29) is 17.1 Å². The Hall–Kier alpha value is -2.05. The van der Waals surface area contributed by atoms with E-state index in [1.165, 1.54) is 24.3 Å². The number of halogens is 2. The van der Waals surface area contributed by atoms with Gasteiger partial charge >= 0.3 is 5.97 Å². The lowest BCUT2D eigenvalue weighted by atomic mass is 10.2. The fourth-order valence-corrected chi connectivity index (χ4v) is 1.89. The van der Waals surface area contributed by atoms with Gasteiger partial charge in [-0.05, 0) is 18.2 Å². The number of aromatic amines is 1. The molecule has 0 aliphatic rings. The van der Waals surface area contributed by atoms with Crippen LogP contribution in [0.3, 0.4) is 0 Å². The normalized spacial score (nSPS) is 10.2. The van der Waals surface area contributed by atoms with E-state index in [1.54, 1.807) is 0 Å². The second kappa shape index (κ2) is 5.29. The van der Waals surface area contributed by atoms with E-state index in [0.29, 0.717) is 10.0 Å². The monoisotopic (exact) mass is 299 g/mol. The Kier molecular flexibility index (Phi) is 3.73. The molecule has 2 aromatic rings. The predicted molar refractivity (Wildman–Crippen MR) is 70.0 cm³/mol. The van der Waals surface area contributed by atoms with Crippen molar-refractivity contribution in [3.05, 3.63) is 45.6 Å². The molecular formula is C11H7Cl2N3O3. The lowest BCUT2D eigenvalue weighted by molar-refractivity contribution is 0.0690. The summed E-state index contributed by atoms with van der Waals surface area (Å²) in [6.45, 7) is 0. The minimum absolute atomic E-state index is 0.0958. The van der Waals surface area contributed by atoms with Crippen molar-refractivity contribution in [3.8, 4) is 0 Å². The zero-order valence-electron chi connectivity index (χ0n) is 9.28. The van der Waals surface area contributed by atoms with Gasteiger partial charge in [0, 0.05) is 21.7 Å². The fourth-order valence-electron chi connectivity index (χ4n) is 1.37. The number of amides is 1. The fraction of sp³-hybridized carbons (Fsp3) is 0. The highest BCUT2D eigenvalue weighted by molar-refractivity contribution is 6.35. The molecule has 0 saturated carbocycles. The molecule has 6 nitrogen and oxygen atoms in total. The number of anilines is 1. The van der Waals surface area contributed by atoms with E-state index in [0.717, 1.165) is 0 Å². The van der Waals surface area contributed by atoms with E-state index >= 15 is 0 Å². The van der Waals surface area contributed by atoms with Crippen LogP contribution in [0.4, 0.5) is 5.82 Å². The highest BCUT2D eigenvalue weighted by Gasteiger charge is 2.12. The number of nitrogens with one attached hydrogen (secondary N) is 2. The molecular weight excluding hydrogens is 293 g/mol. The molecule has 1 amide bonds. The number of carboxylic acids is 1. The molecule has 8 heteroatoms. The molecule has 0 bridgehead atoms. The molecule has 98 valence electrons. The third-order valence-electron chi connectivity index (χ3n) is 2.17. The number of hydrogen-bond acceptors (Lipinski definition) is 3. The van der Waals surface area contributed by atoms with Gasteiger partial charge in [-0.1, -0.05) is 23.2 Å². The van der Waals surface area contributed by atoms with E-state index in [2.05, 4.69) is 15.5 Å². The number of aromatic nitrogens is 2. The molecule has 1 aromatic heterocycles. The van der Waals surface area contributed by atoms with Gasteiger partial charge in [0.2, 0.25) is 0 Å². The van der Waals surface area contributed by atoms with Crippen molar-refractivity contribution in [1.29, 1.82) is 0 Å². The molecule has 0 radical (unpaired) electrons. The summed E-state index contributed by atoms with van der Waals surface area (Å²) in [5.41, 5.74) is 0.122. The van der Waals surface area contributed by atoms with Gasteiger partial charge in [-0.2, -0.15) is 5.10 Å². The van der Waals surface area contributed by atoms with Crippen LogP contribution in [-0.4, -0.2) is 27.2 Å². The van der Waals surface area contributed by atoms with Gasteiger partial charge in [-0.3, -0.25) is 9.89 Å². The summed E-state index contributed by atoms with van der Waals surface area (Å²) in [6, 6.07) is 5.57. The number of H-pyrrole nitrogens is 1. The third-order valence-corrected chi connectivity index (χ3v) is 2.61. The van der Waals surface area contributed by atoms with Crippen LogP contribution in [0, 0.1) is 0 Å². The lowest BCUT2D eigenvalue weighted by Crippen LogP contribution is -2.12. The van der Waals surface area contributed by atoms with E-state index < -0.39 is 11.9 Å². The molecule has 0 unspecified atom stereocenters. The van der Waals surface area contributed by atoms with Crippen LogP contribution >= 0.6 is 23.2 Å². The largest absolute Gasteiger partial charge is 0.477 e. The zero-order chi connectivity index (χ0) is 14.0. The summed E-state index contributed by atoms with van der Waals surface area (Å²) >= 11 is 11.6. The molecule has 0 saturated heterocycles. The Balaban J connectivity index is 2.18. The Labute approximate surface area is 117 Å². The Morgan fingerprint density at radius 2 is 1.79 bits per heavy atom. The second-order valence-corrected chi connectivity index (χ2v) is 4.46. The molecule has 3 N–H and O–H groups in total. The maximum Gasteiger partial charge on any atom is 0.353 e. The first-order chi connectivity index (χ1) is 8.95. The van der Waals surface area contributed by atoms with Gasteiger partial charge in [-0.25, -0.2) is 4.79 Å². The standard InChI is InChI=1S/C11H7Cl2N3O3/c12-6-1-5(2-7(13)3-6)10(17)14-9-4-8(11(18)19)15-16-9/h1-4H,(H,18,19)(H2,14,15,16,17). The van der Waals surface area contributed by atoms with Crippen LogP contribution in [0.5, 0.6) is 0 Å². The highest BCUT2D eigenvalue weighted by Crippen LogP contribution is 2.19. The first-order valence-electron chi connectivity index (χ1n) is 5.02. The molecule has 1 aromatic carbocycles. The number of carbonyl (C=O) groups is 2. The number of nitrogens with zero attached hydrogens (tertiary/aromatic N) is 1. The Morgan fingerprint density at radius 1 is 1.16 bits per heavy atom. The van der Waals surface area contributed by atoms with Crippen LogP contribution in [0.15, 0.2) is 24.3 Å². The van der Waals surface area contributed by atoms with Gasteiger partial charge in [-0.15, -0.1) is 0 Å². The predicted octanol–water partition coefficient (Wildman–Crippen LogP) is 2.67. The van der Waals surface area contributed by atoms with Crippen molar-refractivity contribution in [2.24, 2.45) is 0 Å².